The van der Waals surface area contributed by atoms with E-state index in [1.807, 2.05) is 0 Å². The van der Waals surface area contributed by atoms with E-state index in [4.69, 9.17) is 10.5 Å². The van der Waals surface area contributed by atoms with Crippen LogP contribution in [0.25, 0.3) is 0 Å². The molecule has 0 bridgehead atoms. The Kier molecular flexibility index (Phi) is 5.45. The minimum absolute atomic E-state index is 0.411. The second-order valence-electron chi connectivity index (χ2n) is 5.46. The summed E-state index contributed by atoms with van der Waals surface area (Å²) in [5, 5.41) is 2.07. The molecule has 2 nitrogen and oxygen atoms in total. The lowest BCUT2D eigenvalue weighted by Gasteiger charge is -2.31. The normalized spacial score (nSPS) is 26.8. The van der Waals surface area contributed by atoms with Gasteiger partial charge in [-0.05, 0) is 42.5 Å². The van der Waals surface area contributed by atoms with Crippen LogP contribution in [-0.2, 0) is 11.3 Å². The molecule has 0 radical (unpaired) electrons. The first-order valence-corrected chi connectivity index (χ1v) is 7.95. The number of hydrogen-bond acceptors (Lipinski definition) is 3. The van der Waals surface area contributed by atoms with E-state index in [1.165, 1.54) is 24.1 Å². The molecule has 2 N–H and O–H groups in total. The lowest BCUT2D eigenvalue weighted by atomic mass is 9.80. The molecule has 1 saturated carbocycles. The molecule has 0 amide bonds. The Morgan fingerprint density at radius 1 is 1.37 bits per heavy atom. The van der Waals surface area contributed by atoms with Gasteiger partial charge in [-0.25, -0.2) is 0 Å². The number of hydrogen-bond donors (Lipinski definition) is 1. The highest BCUT2D eigenvalue weighted by molar-refractivity contribution is 7.10. The van der Waals surface area contributed by atoms with Crippen LogP contribution >= 0.6 is 11.3 Å². The summed E-state index contributed by atoms with van der Waals surface area (Å²) in [5.41, 5.74) is 6.49. The molecule has 3 heteroatoms. The maximum atomic E-state index is 6.08. The Morgan fingerprint density at radius 2 is 2.21 bits per heavy atom. The number of rotatable bonds is 3. The second-order valence-corrected chi connectivity index (χ2v) is 6.46. The fourth-order valence-corrected chi connectivity index (χ4v) is 3.30. The Morgan fingerprint density at radius 3 is 2.95 bits per heavy atom. The van der Waals surface area contributed by atoms with Crippen LogP contribution in [0.4, 0.5) is 0 Å². The highest BCUT2D eigenvalue weighted by atomic mass is 32.1. The quantitative estimate of drug-likeness (QED) is 0.859. The van der Waals surface area contributed by atoms with Crippen molar-refractivity contribution in [3.8, 4) is 11.8 Å². The summed E-state index contributed by atoms with van der Waals surface area (Å²) >= 11 is 1.72. The largest absolute Gasteiger partial charge is 0.373 e. The van der Waals surface area contributed by atoms with Gasteiger partial charge in [-0.2, -0.15) is 0 Å². The standard InChI is InChI=1S/C16H23NOS/c1-12-5-6-15(10-13(12)2)18-11-16-14(4-3-8-17)7-9-19-16/h7,9,12-13,15H,5-6,8,10-11,17H2,1-2H3. The van der Waals surface area contributed by atoms with Crippen molar-refractivity contribution < 1.29 is 4.74 Å². The Bertz CT molecular complexity index is 457. The van der Waals surface area contributed by atoms with Crippen LogP contribution in [-0.4, -0.2) is 12.6 Å². The van der Waals surface area contributed by atoms with Crippen LogP contribution in [0.15, 0.2) is 11.4 Å². The van der Waals surface area contributed by atoms with Crippen molar-refractivity contribution in [3.63, 3.8) is 0 Å². The summed E-state index contributed by atoms with van der Waals surface area (Å²) in [6.07, 6.45) is 4.09. The van der Waals surface area contributed by atoms with E-state index in [-0.39, 0.29) is 0 Å². The summed E-state index contributed by atoms with van der Waals surface area (Å²) in [7, 11) is 0. The van der Waals surface area contributed by atoms with Gasteiger partial charge in [0.2, 0.25) is 0 Å². The van der Waals surface area contributed by atoms with Crippen LogP contribution in [0.3, 0.4) is 0 Å². The summed E-state index contributed by atoms with van der Waals surface area (Å²) in [4.78, 5) is 1.23. The van der Waals surface area contributed by atoms with Gasteiger partial charge in [-0.3, -0.25) is 0 Å². The van der Waals surface area contributed by atoms with Crippen molar-refractivity contribution in [1.82, 2.24) is 0 Å². The first kappa shape index (κ1) is 14.6. The second kappa shape index (κ2) is 7.09. The predicted octanol–water partition coefficient (Wildman–Crippen LogP) is 3.40. The molecule has 0 aromatic carbocycles. The van der Waals surface area contributed by atoms with E-state index >= 15 is 0 Å². The molecule has 3 atom stereocenters. The third kappa shape index (κ3) is 4.07. The summed E-state index contributed by atoms with van der Waals surface area (Å²) in [6.45, 7) is 5.79. The van der Waals surface area contributed by atoms with Crippen LogP contribution in [0.5, 0.6) is 0 Å². The van der Waals surface area contributed by atoms with Gasteiger partial charge in [0.15, 0.2) is 0 Å². The molecule has 0 spiro atoms. The summed E-state index contributed by atoms with van der Waals surface area (Å²) in [5.74, 6) is 7.64. The minimum atomic E-state index is 0.411. The molecule has 3 unspecified atom stereocenters. The molecule has 1 aromatic heterocycles. The SMILES string of the molecule is CC1CCC(OCc2sccc2C#CCN)CC1C. The van der Waals surface area contributed by atoms with Crippen molar-refractivity contribution in [1.29, 1.82) is 0 Å². The first-order valence-electron chi connectivity index (χ1n) is 7.07. The van der Waals surface area contributed by atoms with Crippen molar-refractivity contribution in [2.24, 2.45) is 17.6 Å². The highest BCUT2D eigenvalue weighted by Gasteiger charge is 2.25. The Balaban J connectivity index is 1.87. The molecule has 104 valence electrons. The average molecular weight is 277 g/mol. The van der Waals surface area contributed by atoms with Crippen LogP contribution in [0.2, 0.25) is 0 Å². The number of ether oxygens (including phenoxy) is 1. The van der Waals surface area contributed by atoms with Gasteiger partial charge >= 0.3 is 0 Å². The van der Waals surface area contributed by atoms with E-state index in [1.54, 1.807) is 11.3 Å². The van der Waals surface area contributed by atoms with Crippen molar-refractivity contribution in [3.05, 3.63) is 21.9 Å². The van der Waals surface area contributed by atoms with Gasteiger partial charge in [0.1, 0.15) is 0 Å². The minimum Gasteiger partial charge on any atom is -0.373 e. The topological polar surface area (TPSA) is 35.2 Å². The molecule has 19 heavy (non-hydrogen) atoms. The zero-order valence-electron chi connectivity index (χ0n) is 11.8. The molecule has 1 aromatic rings. The Labute approximate surface area is 120 Å². The fraction of sp³-hybridized carbons (Fsp3) is 0.625. The Hall–Kier alpha value is -0.820. The zero-order chi connectivity index (χ0) is 13.7. The van der Waals surface area contributed by atoms with Crippen molar-refractivity contribution >= 4 is 11.3 Å². The van der Waals surface area contributed by atoms with E-state index in [9.17, 15) is 0 Å². The lowest BCUT2D eigenvalue weighted by molar-refractivity contribution is -0.00639. The highest BCUT2D eigenvalue weighted by Crippen LogP contribution is 2.31. The van der Waals surface area contributed by atoms with Gasteiger partial charge < -0.3 is 10.5 Å². The fourth-order valence-electron chi connectivity index (χ4n) is 2.55. The molecular weight excluding hydrogens is 254 g/mol. The maximum Gasteiger partial charge on any atom is 0.0825 e. The van der Waals surface area contributed by atoms with Crippen LogP contribution in [0.1, 0.15) is 43.6 Å². The van der Waals surface area contributed by atoms with E-state index in [2.05, 4.69) is 37.1 Å². The molecule has 0 aliphatic heterocycles. The van der Waals surface area contributed by atoms with E-state index < -0.39 is 0 Å². The summed E-state index contributed by atoms with van der Waals surface area (Å²) in [6, 6.07) is 2.05. The van der Waals surface area contributed by atoms with E-state index in [0.717, 1.165) is 17.4 Å². The van der Waals surface area contributed by atoms with Gasteiger partial charge in [-0.1, -0.05) is 25.7 Å². The number of thiophene rings is 1. The smallest absolute Gasteiger partial charge is 0.0825 e. The van der Waals surface area contributed by atoms with Crippen LogP contribution < -0.4 is 5.73 Å². The maximum absolute atomic E-state index is 6.08. The number of nitrogens with two attached hydrogens (primary N) is 1. The molecule has 1 heterocycles. The molecule has 1 aliphatic carbocycles. The first-order chi connectivity index (χ1) is 9.20. The van der Waals surface area contributed by atoms with E-state index in [0.29, 0.717) is 19.3 Å². The molecule has 1 fully saturated rings. The lowest BCUT2D eigenvalue weighted by Crippen LogP contribution is -2.26. The van der Waals surface area contributed by atoms with Crippen molar-refractivity contribution in [2.75, 3.05) is 6.54 Å². The zero-order valence-corrected chi connectivity index (χ0v) is 12.6. The molecule has 0 saturated heterocycles. The van der Waals surface area contributed by atoms with Crippen molar-refractivity contribution in [2.45, 2.75) is 45.8 Å². The molecule has 2 rings (SSSR count). The van der Waals surface area contributed by atoms with Gasteiger partial charge in [0, 0.05) is 10.4 Å². The molecular formula is C16H23NOS. The average Bonchev–Trinajstić information content (AvgIpc) is 2.85. The van der Waals surface area contributed by atoms with Gasteiger partial charge in [-0.15, -0.1) is 11.3 Å². The third-order valence-electron chi connectivity index (χ3n) is 4.07. The van der Waals surface area contributed by atoms with Gasteiger partial charge in [0.25, 0.3) is 0 Å². The monoisotopic (exact) mass is 277 g/mol. The van der Waals surface area contributed by atoms with Gasteiger partial charge in [0.05, 0.1) is 19.3 Å². The van der Waals surface area contributed by atoms with Crippen LogP contribution in [0, 0.1) is 23.7 Å². The summed E-state index contributed by atoms with van der Waals surface area (Å²) < 4.78 is 6.08. The third-order valence-corrected chi connectivity index (χ3v) is 4.97. The molecule has 1 aliphatic rings. The predicted molar refractivity (Wildman–Crippen MR) is 81.0 cm³/mol.